The van der Waals surface area contributed by atoms with Crippen LogP contribution in [-0.4, -0.2) is 39.4 Å². The summed E-state index contributed by atoms with van der Waals surface area (Å²) in [5.41, 5.74) is 0.848. The van der Waals surface area contributed by atoms with E-state index >= 15 is 0 Å². The second-order valence-corrected chi connectivity index (χ2v) is 5.15. The number of aryl methyl sites for hydroxylation is 1. The van der Waals surface area contributed by atoms with Crippen molar-refractivity contribution in [3.8, 4) is 0 Å². The number of carboxylic acid groups (broad SMARTS) is 1. The number of aliphatic carboxylic acids is 1. The van der Waals surface area contributed by atoms with Crippen LogP contribution >= 0.6 is 0 Å². The maximum atomic E-state index is 12.5. The zero-order valence-corrected chi connectivity index (χ0v) is 11.6. The molecule has 1 aliphatic rings. The number of nitro groups is 1. The molecule has 0 radical (unpaired) electrons. The minimum atomic E-state index is -0.930. The van der Waals surface area contributed by atoms with Crippen LogP contribution in [0.5, 0.6) is 0 Å². The summed E-state index contributed by atoms with van der Waals surface area (Å²) in [5.74, 6) is -1.19. The highest BCUT2D eigenvalue weighted by molar-refractivity contribution is 5.96. The second-order valence-electron chi connectivity index (χ2n) is 5.15. The summed E-state index contributed by atoms with van der Waals surface area (Å²) in [6.45, 7) is 2.16. The highest BCUT2D eigenvalue weighted by Crippen LogP contribution is 2.25. The molecular formula is C14H16N2O5. The lowest BCUT2D eigenvalue weighted by atomic mass is 10.1. The molecule has 0 aromatic heterocycles. The molecule has 1 aliphatic heterocycles. The highest BCUT2D eigenvalue weighted by Gasteiger charge is 2.31. The number of nitrogens with zero attached hydrogens (tertiary/aromatic N) is 2. The molecule has 1 fully saturated rings. The quantitative estimate of drug-likeness (QED) is 0.675. The van der Waals surface area contributed by atoms with Crippen LogP contribution in [0.4, 0.5) is 5.69 Å². The van der Waals surface area contributed by atoms with Crippen molar-refractivity contribution in [1.82, 2.24) is 4.90 Å². The fourth-order valence-electron chi connectivity index (χ4n) is 2.67. The average molecular weight is 292 g/mol. The van der Waals surface area contributed by atoms with Crippen molar-refractivity contribution in [3.05, 3.63) is 39.4 Å². The monoisotopic (exact) mass is 292 g/mol. The Labute approximate surface area is 121 Å². The molecule has 1 unspecified atom stereocenters. The van der Waals surface area contributed by atoms with Crippen molar-refractivity contribution in [2.45, 2.75) is 32.2 Å². The molecule has 112 valence electrons. The first-order valence-electron chi connectivity index (χ1n) is 6.68. The molecule has 0 spiro atoms. The van der Waals surface area contributed by atoms with E-state index in [0.29, 0.717) is 24.1 Å². The first kappa shape index (κ1) is 15.0. The Morgan fingerprint density at radius 3 is 2.76 bits per heavy atom. The number of amides is 1. The zero-order chi connectivity index (χ0) is 15.6. The summed E-state index contributed by atoms with van der Waals surface area (Å²) in [6, 6.07) is 3.79. The topological polar surface area (TPSA) is 101 Å². The van der Waals surface area contributed by atoms with Gasteiger partial charge in [0, 0.05) is 30.3 Å². The van der Waals surface area contributed by atoms with Gasteiger partial charge in [-0.05, 0) is 31.4 Å². The fraction of sp³-hybridized carbons (Fsp3) is 0.429. The molecular weight excluding hydrogens is 276 g/mol. The lowest BCUT2D eigenvalue weighted by molar-refractivity contribution is -0.384. The van der Waals surface area contributed by atoms with Gasteiger partial charge in [0.25, 0.3) is 11.6 Å². The largest absolute Gasteiger partial charge is 0.481 e. The number of carbonyl (C=O) groups is 2. The number of likely N-dealkylation sites (tertiary alicyclic amines) is 1. The molecule has 1 N–H and O–H groups in total. The SMILES string of the molecule is Cc1cc([N+](=O)[O-])ccc1C(=O)N1CCCC1CC(=O)O. The highest BCUT2D eigenvalue weighted by atomic mass is 16.6. The van der Waals surface area contributed by atoms with Crippen molar-refractivity contribution in [2.75, 3.05) is 6.54 Å². The van der Waals surface area contributed by atoms with Crippen molar-refractivity contribution in [3.63, 3.8) is 0 Å². The van der Waals surface area contributed by atoms with E-state index in [1.54, 1.807) is 11.8 Å². The standard InChI is InChI=1S/C14H16N2O5/c1-9-7-11(16(20)21)4-5-12(9)14(19)15-6-2-3-10(15)8-13(17)18/h4-5,7,10H,2-3,6,8H2,1H3,(H,17,18). The van der Waals surface area contributed by atoms with Gasteiger partial charge in [0.15, 0.2) is 0 Å². The van der Waals surface area contributed by atoms with Gasteiger partial charge in [-0.2, -0.15) is 0 Å². The van der Waals surface area contributed by atoms with Crippen molar-refractivity contribution < 1.29 is 19.6 Å². The number of benzene rings is 1. The third kappa shape index (κ3) is 3.18. The van der Waals surface area contributed by atoms with Crippen LogP contribution in [0, 0.1) is 17.0 Å². The maximum absolute atomic E-state index is 12.5. The predicted molar refractivity (Wildman–Crippen MR) is 74.1 cm³/mol. The summed E-state index contributed by atoms with van der Waals surface area (Å²) < 4.78 is 0. The van der Waals surface area contributed by atoms with Crippen molar-refractivity contribution in [1.29, 1.82) is 0 Å². The van der Waals surface area contributed by atoms with E-state index in [1.165, 1.54) is 18.2 Å². The van der Waals surface area contributed by atoms with Gasteiger partial charge in [0.2, 0.25) is 0 Å². The molecule has 1 heterocycles. The Bertz CT molecular complexity index is 599. The molecule has 21 heavy (non-hydrogen) atoms. The Morgan fingerprint density at radius 1 is 1.48 bits per heavy atom. The van der Waals surface area contributed by atoms with Crippen molar-refractivity contribution >= 4 is 17.6 Å². The number of carbonyl (C=O) groups excluding carboxylic acids is 1. The van der Waals surface area contributed by atoms with Gasteiger partial charge in [-0.15, -0.1) is 0 Å². The number of rotatable bonds is 4. The molecule has 2 rings (SSSR count). The molecule has 7 heteroatoms. The number of carboxylic acids is 1. The number of hydrogen-bond acceptors (Lipinski definition) is 4. The summed E-state index contributed by atoms with van der Waals surface area (Å²) in [4.78, 5) is 35.1. The van der Waals surface area contributed by atoms with E-state index < -0.39 is 10.9 Å². The fourth-order valence-corrected chi connectivity index (χ4v) is 2.67. The third-order valence-corrected chi connectivity index (χ3v) is 3.70. The average Bonchev–Trinajstić information content (AvgIpc) is 2.85. The number of nitro benzene ring substituents is 1. The van der Waals surface area contributed by atoms with Gasteiger partial charge in [0.1, 0.15) is 0 Å². The van der Waals surface area contributed by atoms with Crippen LogP contribution in [0.25, 0.3) is 0 Å². The van der Waals surface area contributed by atoms with Crippen LogP contribution in [-0.2, 0) is 4.79 Å². The van der Waals surface area contributed by atoms with E-state index in [1.807, 2.05) is 0 Å². The Morgan fingerprint density at radius 2 is 2.19 bits per heavy atom. The molecule has 1 amide bonds. The van der Waals surface area contributed by atoms with E-state index in [2.05, 4.69) is 0 Å². The van der Waals surface area contributed by atoms with Gasteiger partial charge >= 0.3 is 5.97 Å². The third-order valence-electron chi connectivity index (χ3n) is 3.70. The molecule has 1 atom stereocenters. The molecule has 1 aromatic rings. The van der Waals surface area contributed by atoms with Crippen LogP contribution in [0.1, 0.15) is 35.2 Å². The zero-order valence-electron chi connectivity index (χ0n) is 11.6. The summed E-state index contributed by atoms with van der Waals surface area (Å²) in [6.07, 6.45) is 1.37. The normalized spacial score (nSPS) is 17.8. The lowest BCUT2D eigenvalue weighted by Gasteiger charge is -2.24. The first-order chi connectivity index (χ1) is 9.90. The van der Waals surface area contributed by atoms with Crippen molar-refractivity contribution in [2.24, 2.45) is 0 Å². The predicted octanol–water partition coefficient (Wildman–Crippen LogP) is 1.98. The molecule has 7 nitrogen and oxygen atoms in total. The molecule has 0 aliphatic carbocycles. The van der Waals surface area contributed by atoms with Gasteiger partial charge in [-0.1, -0.05) is 0 Å². The summed E-state index contributed by atoms with van der Waals surface area (Å²) in [5, 5.41) is 19.6. The van der Waals surface area contributed by atoms with E-state index in [4.69, 9.17) is 5.11 Å². The van der Waals surface area contributed by atoms with Crippen LogP contribution < -0.4 is 0 Å². The minimum Gasteiger partial charge on any atom is -0.481 e. The smallest absolute Gasteiger partial charge is 0.305 e. The van der Waals surface area contributed by atoms with Gasteiger partial charge in [0.05, 0.1) is 11.3 Å². The van der Waals surface area contributed by atoms with Gasteiger partial charge in [-0.25, -0.2) is 0 Å². The molecule has 1 saturated heterocycles. The van der Waals surface area contributed by atoms with Crippen LogP contribution in [0.2, 0.25) is 0 Å². The van der Waals surface area contributed by atoms with Gasteiger partial charge < -0.3 is 10.0 Å². The van der Waals surface area contributed by atoms with Crippen LogP contribution in [0.3, 0.4) is 0 Å². The first-order valence-corrected chi connectivity index (χ1v) is 6.68. The molecule has 1 aromatic carbocycles. The second kappa shape index (κ2) is 5.90. The maximum Gasteiger partial charge on any atom is 0.305 e. The minimum absolute atomic E-state index is 0.0624. The Hall–Kier alpha value is -2.44. The molecule has 0 bridgehead atoms. The Balaban J connectivity index is 2.23. The summed E-state index contributed by atoms with van der Waals surface area (Å²) in [7, 11) is 0. The molecule has 0 saturated carbocycles. The van der Waals surface area contributed by atoms with Gasteiger partial charge in [-0.3, -0.25) is 19.7 Å². The van der Waals surface area contributed by atoms with E-state index in [-0.39, 0.29) is 24.1 Å². The Kier molecular flexibility index (Phi) is 4.21. The van der Waals surface area contributed by atoms with E-state index in [9.17, 15) is 19.7 Å². The van der Waals surface area contributed by atoms with E-state index in [0.717, 1.165) is 6.42 Å². The number of non-ortho nitro benzene ring substituents is 1. The number of hydrogen-bond donors (Lipinski definition) is 1. The van der Waals surface area contributed by atoms with Crippen LogP contribution in [0.15, 0.2) is 18.2 Å². The lowest BCUT2D eigenvalue weighted by Crippen LogP contribution is -2.37. The summed E-state index contributed by atoms with van der Waals surface area (Å²) >= 11 is 0.